The second-order valence-electron chi connectivity index (χ2n) is 4.30. The van der Waals surface area contributed by atoms with Crippen LogP contribution in [0.15, 0.2) is 40.6 Å². The Morgan fingerprint density at radius 1 is 1.37 bits per heavy atom. The van der Waals surface area contributed by atoms with Crippen molar-refractivity contribution in [2.75, 3.05) is 0 Å². The average molecular weight is 382 g/mol. The van der Waals surface area contributed by atoms with E-state index in [4.69, 9.17) is 0 Å². The summed E-state index contributed by atoms with van der Waals surface area (Å²) in [6.45, 7) is 2.45. The largest absolute Gasteiger partial charge is 0.291 e. The average Bonchev–Trinajstić information content (AvgIpc) is 2.83. The van der Waals surface area contributed by atoms with Crippen LogP contribution in [0.25, 0.3) is 10.1 Å². The molecular formula is C14H11IN2OS. The molecule has 0 fully saturated rings. The van der Waals surface area contributed by atoms with Gasteiger partial charge in [0.15, 0.2) is 0 Å². The summed E-state index contributed by atoms with van der Waals surface area (Å²) in [6.07, 6.45) is 1.63. The minimum absolute atomic E-state index is 0.0309. The maximum atomic E-state index is 12.2. The van der Waals surface area contributed by atoms with Crippen LogP contribution in [0.2, 0.25) is 0 Å². The molecule has 2 heterocycles. The fourth-order valence-corrected chi connectivity index (χ4v) is 3.45. The van der Waals surface area contributed by atoms with Gasteiger partial charge in [-0.25, -0.2) is 4.98 Å². The SMILES string of the molecule is Cc1ncc(I)c(=O)n1Cc1csc2ccccc12. The van der Waals surface area contributed by atoms with Gasteiger partial charge in [0, 0.05) is 10.9 Å². The van der Waals surface area contributed by atoms with E-state index in [1.54, 1.807) is 22.1 Å². The Kier molecular flexibility index (Phi) is 3.40. The van der Waals surface area contributed by atoms with E-state index in [2.05, 4.69) is 22.5 Å². The van der Waals surface area contributed by atoms with E-state index in [9.17, 15) is 4.79 Å². The zero-order valence-corrected chi connectivity index (χ0v) is 13.2. The molecule has 2 aromatic heterocycles. The van der Waals surface area contributed by atoms with Crippen molar-refractivity contribution < 1.29 is 0 Å². The number of rotatable bonds is 2. The summed E-state index contributed by atoms with van der Waals surface area (Å²) in [6, 6.07) is 8.27. The van der Waals surface area contributed by atoms with Crippen LogP contribution in [0.5, 0.6) is 0 Å². The third-order valence-corrected chi connectivity index (χ3v) is 4.85. The standard InChI is InChI=1S/C14H11IN2OS/c1-9-16-6-12(15)14(18)17(9)7-10-8-19-13-5-3-2-4-11(10)13/h2-6,8H,7H2,1H3. The molecule has 0 spiro atoms. The van der Waals surface area contributed by atoms with Crippen LogP contribution in [0.4, 0.5) is 0 Å². The van der Waals surface area contributed by atoms with Crippen molar-refractivity contribution in [3.8, 4) is 0 Å². The molecule has 0 aliphatic carbocycles. The first kappa shape index (κ1) is 12.8. The maximum Gasteiger partial charge on any atom is 0.267 e. The number of fused-ring (bicyclic) bond motifs is 1. The minimum atomic E-state index is 0.0309. The summed E-state index contributed by atoms with van der Waals surface area (Å²) in [4.78, 5) is 16.4. The van der Waals surface area contributed by atoms with Crippen LogP contribution in [0, 0.1) is 10.5 Å². The van der Waals surface area contributed by atoms with Gasteiger partial charge in [0.25, 0.3) is 5.56 Å². The van der Waals surface area contributed by atoms with Crippen molar-refractivity contribution in [3.05, 3.63) is 61.2 Å². The first-order valence-electron chi connectivity index (χ1n) is 5.84. The number of hydrogen-bond acceptors (Lipinski definition) is 3. The lowest BCUT2D eigenvalue weighted by molar-refractivity contribution is 0.699. The van der Waals surface area contributed by atoms with Crippen LogP contribution in [-0.2, 0) is 6.54 Å². The number of aryl methyl sites for hydroxylation is 1. The molecule has 0 radical (unpaired) electrons. The third kappa shape index (κ3) is 2.32. The smallest absolute Gasteiger partial charge is 0.267 e. The normalized spacial score (nSPS) is 11.1. The molecule has 96 valence electrons. The molecule has 0 unspecified atom stereocenters. The van der Waals surface area contributed by atoms with Crippen molar-refractivity contribution in [2.45, 2.75) is 13.5 Å². The number of hydrogen-bond donors (Lipinski definition) is 0. The van der Waals surface area contributed by atoms with E-state index < -0.39 is 0 Å². The highest BCUT2D eigenvalue weighted by Gasteiger charge is 2.09. The second-order valence-corrected chi connectivity index (χ2v) is 6.38. The van der Waals surface area contributed by atoms with Gasteiger partial charge < -0.3 is 0 Å². The van der Waals surface area contributed by atoms with Gasteiger partial charge in [-0.3, -0.25) is 9.36 Å². The molecule has 5 heteroatoms. The first-order valence-corrected chi connectivity index (χ1v) is 7.79. The summed E-state index contributed by atoms with van der Waals surface area (Å²) in [7, 11) is 0. The van der Waals surface area contributed by atoms with Crippen molar-refractivity contribution in [1.29, 1.82) is 0 Å². The van der Waals surface area contributed by atoms with Gasteiger partial charge in [-0.15, -0.1) is 11.3 Å². The summed E-state index contributed by atoms with van der Waals surface area (Å²) >= 11 is 3.74. The topological polar surface area (TPSA) is 34.9 Å². The lowest BCUT2D eigenvalue weighted by atomic mass is 10.2. The number of aromatic nitrogens is 2. The summed E-state index contributed by atoms with van der Waals surface area (Å²) in [5.41, 5.74) is 1.21. The van der Waals surface area contributed by atoms with Gasteiger partial charge in [-0.2, -0.15) is 0 Å². The Morgan fingerprint density at radius 2 is 2.16 bits per heavy atom. The van der Waals surface area contributed by atoms with Crippen LogP contribution >= 0.6 is 33.9 Å². The number of benzene rings is 1. The molecule has 0 aliphatic rings. The number of halogens is 1. The molecule has 3 rings (SSSR count). The number of nitrogens with zero attached hydrogens (tertiary/aromatic N) is 2. The van der Waals surface area contributed by atoms with Crippen molar-refractivity contribution in [1.82, 2.24) is 9.55 Å². The van der Waals surface area contributed by atoms with Crippen molar-refractivity contribution in [3.63, 3.8) is 0 Å². The van der Waals surface area contributed by atoms with Gasteiger partial charge in [0.1, 0.15) is 5.82 Å². The van der Waals surface area contributed by atoms with E-state index in [1.165, 1.54) is 15.6 Å². The Morgan fingerprint density at radius 3 is 3.00 bits per heavy atom. The highest BCUT2D eigenvalue weighted by Crippen LogP contribution is 2.26. The van der Waals surface area contributed by atoms with Gasteiger partial charge in [-0.1, -0.05) is 18.2 Å². The zero-order valence-electron chi connectivity index (χ0n) is 10.3. The molecule has 0 saturated heterocycles. The quantitative estimate of drug-likeness (QED) is 0.637. The Labute approximate surface area is 128 Å². The van der Waals surface area contributed by atoms with Gasteiger partial charge in [0.05, 0.1) is 10.1 Å². The maximum absolute atomic E-state index is 12.2. The minimum Gasteiger partial charge on any atom is -0.291 e. The summed E-state index contributed by atoms with van der Waals surface area (Å²) < 4.78 is 3.64. The molecule has 19 heavy (non-hydrogen) atoms. The fourth-order valence-electron chi connectivity index (χ4n) is 2.06. The Balaban J connectivity index is 2.12. The molecule has 0 atom stereocenters. The third-order valence-electron chi connectivity index (χ3n) is 3.09. The van der Waals surface area contributed by atoms with E-state index >= 15 is 0 Å². The Hall–Kier alpha value is -1.21. The first-order chi connectivity index (χ1) is 9.16. The molecule has 0 saturated carbocycles. The van der Waals surface area contributed by atoms with Crippen LogP contribution in [0.3, 0.4) is 0 Å². The highest BCUT2D eigenvalue weighted by molar-refractivity contribution is 14.1. The molecule has 0 amide bonds. The highest BCUT2D eigenvalue weighted by atomic mass is 127. The molecule has 0 N–H and O–H groups in total. The Bertz CT molecular complexity index is 807. The van der Waals surface area contributed by atoms with E-state index in [0.717, 1.165) is 5.82 Å². The van der Waals surface area contributed by atoms with Gasteiger partial charge >= 0.3 is 0 Å². The lowest BCUT2D eigenvalue weighted by Crippen LogP contribution is -2.25. The molecule has 0 bridgehead atoms. The van der Waals surface area contributed by atoms with E-state index in [-0.39, 0.29) is 5.56 Å². The van der Waals surface area contributed by atoms with E-state index in [1.807, 2.05) is 41.6 Å². The van der Waals surface area contributed by atoms with Crippen molar-refractivity contribution >= 4 is 44.0 Å². The molecular weight excluding hydrogens is 371 g/mol. The molecule has 1 aromatic carbocycles. The predicted octanol–water partition coefficient (Wildman–Crippen LogP) is 3.42. The monoisotopic (exact) mass is 382 g/mol. The van der Waals surface area contributed by atoms with E-state index in [0.29, 0.717) is 10.1 Å². The lowest BCUT2D eigenvalue weighted by Gasteiger charge is -2.08. The molecule has 0 aliphatic heterocycles. The summed E-state index contributed by atoms with van der Waals surface area (Å²) in [5.74, 6) is 0.751. The molecule has 3 nitrogen and oxygen atoms in total. The summed E-state index contributed by atoms with van der Waals surface area (Å²) in [5, 5.41) is 3.34. The van der Waals surface area contributed by atoms with Crippen molar-refractivity contribution in [2.24, 2.45) is 0 Å². The van der Waals surface area contributed by atoms with Crippen LogP contribution < -0.4 is 5.56 Å². The van der Waals surface area contributed by atoms with Gasteiger partial charge in [0.2, 0.25) is 0 Å². The second kappa shape index (κ2) is 5.05. The fraction of sp³-hybridized carbons (Fsp3) is 0.143. The molecule has 3 aromatic rings. The van der Waals surface area contributed by atoms with Gasteiger partial charge in [-0.05, 0) is 51.9 Å². The van der Waals surface area contributed by atoms with Crippen LogP contribution in [0.1, 0.15) is 11.4 Å². The zero-order chi connectivity index (χ0) is 13.4. The predicted molar refractivity (Wildman–Crippen MR) is 86.9 cm³/mol. The van der Waals surface area contributed by atoms with Crippen LogP contribution in [-0.4, -0.2) is 9.55 Å². The number of thiophene rings is 1.